The molecule has 0 aromatic heterocycles. The van der Waals surface area contributed by atoms with Gasteiger partial charge >= 0.3 is 5.97 Å². The molecular formula is C30H34N4O5+. The van der Waals surface area contributed by atoms with E-state index in [-0.39, 0.29) is 12.3 Å². The second-order valence-corrected chi connectivity index (χ2v) is 10.2. The van der Waals surface area contributed by atoms with Gasteiger partial charge in [0.25, 0.3) is 11.7 Å². The van der Waals surface area contributed by atoms with Crippen molar-refractivity contribution < 1.29 is 24.2 Å². The number of nitrogens with zero attached hydrogens (tertiary/aromatic N) is 3. The van der Waals surface area contributed by atoms with E-state index < -0.39 is 5.97 Å². The van der Waals surface area contributed by atoms with Crippen molar-refractivity contribution in [1.29, 1.82) is 0 Å². The lowest BCUT2D eigenvalue weighted by atomic mass is 9.77. The standard InChI is InChI=1S/C30H34N4O5/c1-38-26-12-5-21(15-27(26)39-2)17-31-30(37)25-18-34-19-33(14-13-28(34)32-25)24-10-8-23(9-11-24)22-6-3-20(4-7-22)16-29(35)36/h5,8-15,18,20,22H,3-4,6-7,16-17,19H2,1-2H3,(H,31,37)(H,35,36)/q+1. The highest BCUT2D eigenvalue weighted by molar-refractivity contribution is 6.06. The van der Waals surface area contributed by atoms with Crippen LogP contribution in [0.1, 0.15) is 49.1 Å². The van der Waals surface area contributed by atoms with Crippen molar-refractivity contribution in [2.45, 2.75) is 44.6 Å². The number of hydrogen-bond donors (Lipinski definition) is 2. The lowest BCUT2D eigenvalue weighted by molar-refractivity contribution is -0.138. The van der Waals surface area contributed by atoms with E-state index in [1.54, 1.807) is 20.4 Å². The van der Waals surface area contributed by atoms with Gasteiger partial charge in [0.15, 0.2) is 23.4 Å². The summed E-state index contributed by atoms with van der Waals surface area (Å²) in [6, 6.07) is 14.2. The molecule has 3 aliphatic rings. The Hall–Kier alpha value is -4.11. The quantitative estimate of drug-likeness (QED) is 0.464. The molecule has 0 saturated heterocycles. The van der Waals surface area contributed by atoms with Crippen LogP contribution >= 0.6 is 0 Å². The minimum atomic E-state index is -0.694. The Kier molecular flexibility index (Phi) is 7.97. The monoisotopic (exact) mass is 530 g/mol. The van der Waals surface area contributed by atoms with Crippen LogP contribution in [0.5, 0.6) is 11.5 Å². The molecule has 2 aromatic rings. The zero-order chi connectivity index (χ0) is 27.4. The number of hydrogen-bond acceptors (Lipinski definition) is 7. The summed E-state index contributed by atoms with van der Waals surface area (Å²) in [5, 5.41) is 12.0. The van der Waals surface area contributed by atoms with Crippen LogP contribution in [0, 0.1) is 5.92 Å². The van der Waals surface area contributed by atoms with Crippen LogP contribution < -0.4 is 24.6 Å². The first-order chi connectivity index (χ1) is 18.9. The number of aliphatic carboxylic acids is 1. The molecule has 2 heterocycles. The third-order valence-corrected chi connectivity index (χ3v) is 7.66. The van der Waals surface area contributed by atoms with E-state index in [9.17, 15) is 9.59 Å². The van der Waals surface area contributed by atoms with Gasteiger partial charge in [-0.2, -0.15) is 4.99 Å². The van der Waals surface area contributed by atoms with Crippen molar-refractivity contribution in [3.63, 3.8) is 0 Å². The van der Waals surface area contributed by atoms with Crippen LogP contribution in [0.15, 0.2) is 71.6 Å². The van der Waals surface area contributed by atoms with Gasteiger partial charge in [-0.25, -0.2) is 0 Å². The summed E-state index contributed by atoms with van der Waals surface area (Å²) < 4.78 is 10.6. The summed E-state index contributed by atoms with van der Waals surface area (Å²) in [6.45, 7) is 0.901. The van der Waals surface area contributed by atoms with Crippen molar-refractivity contribution in [3.05, 3.63) is 77.8 Å². The Morgan fingerprint density at radius 3 is 2.49 bits per heavy atom. The lowest BCUT2D eigenvalue weighted by Crippen LogP contribution is -2.41. The second kappa shape index (κ2) is 11.7. The summed E-state index contributed by atoms with van der Waals surface area (Å²) in [7, 11) is 3.17. The first-order valence-corrected chi connectivity index (χ1v) is 13.3. The van der Waals surface area contributed by atoms with Gasteiger partial charge in [0, 0.05) is 30.9 Å². The van der Waals surface area contributed by atoms with Crippen LogP contribution in [0.4, 0.5) is 5.69 Å². The normalized spacial score (nSPS) is 20.6. The zero-order valence-electron chi connectivity index (χ0n) is 22.3. The van der Waals surface area contributed by atoms with Crippen LogP contribution in [0.3, 0.4) is 0 Å². The molecule has 9 heteroatoms. The molecule has 1 fully saturated rings. The number of anilines is 1. The van der Waals surface area contributed by atoms with Gasteiger partial charge in [0.2, 0.25) is 6.67 Å². The predicted molar refractivity (Wildman–Crippen MR) is 149 cm³/mol. The summed E-state index contributed by atoms with van der Waals surface area (Å²) >= 11 is 0. The minimum absolute atomic E-state index is 0.242. The number of carbonyl (C=O) groups is 2. The van der Waals surface area contributed by atoms with Crippen molar-refractivity contribution in [2.75, 3.05) is 25.8 Å². The number of aliphatic imine (C=N–C) groups is 1. The summed E-state index contributed by atoms with van der Waals surface area (Å²) in [6.07, 6.45) is 9.98. The van der Waals surface area contributed by atoms with Crippen molar-refractivity contribution in [2.24, 2.45) is 10.9 Å². The SMILES string of the molecule is COc1ccc(CNC(=O)C2=C[N+]3CN(c4ccc(C5CCC(CC(=O)O)CC5)cc4)C=CC3=N2)cc1OC. The third kappa shape index (κ3) is 6.15. The van der Waals surface area contributed by atoms with Gasteiger partial charge in [-0.15, -0.1) is 0 Å². The highest BCUT2D eigenvalue weighted by atomic mass is 16.5. The summed E-state index contributed by atoms with van der Waals surface area (Å²) in [5.41, 5.74) is 3.64. The number of nitrogens with one attached hydrogen (secondary N) is 1. The number of ether oxygens (including phenoxy) is 2. The van der Waals surface area contributed by atoms with Gasteiger partial charge in [-0.3, -0.25) is 14.5 Å². The molecule has 0 atom stereocenters. The van der Waals surface area contributed by atoms with Crippen LogP contribution in [0.25, 0.3) is 0 Å². The molecule has 0 spiro atoms. The third-order valence-electron chi connectivity index (χ3n) is 7.66. The lowest BCUT2D eigenvalue weighted by Gasteiger charge is -2.28. The van der Waals surface area contributed by atoms with Crippen molar-refractivity contribution >= 4 is 23.4 Å². The Morgan fingerprint density at radius 1 is 1.05 bits per heavy atom. The van der Waals surface area contributed by atoms with Gasteiger partial charge in [-0.05, 0) is 72.9 Å². The number of carbonyl (C=O) groups excluding carboxylic acids is 1. The van der Waals surface area contributed by atoms with E-state index in [0.29, 0.717) is 42.2 Å². The first-order valence-electron chi connectivity index (χ1n) is 13.3. The van der Waals surface area contributed by atoms with Gasteiger partial charge in [0.05, 0.1) is 14.2 Å². The van der Waals surface area contributed by atoms with Gasteiger partial charge in [-0.1, -0.05) is 23.1 Å². The number of rotatable bonds is 9. The van der Waals surface area contributed by atoms with E-state index in [2.05, 4.69) is 39.5 Å². The van der Waals surface area contributed by atoms with E-state index in [4.69, 9.17) is 14.6 Å². The molecule has 9 nitrogen and oxygen atoms in total. The minimum Gasteiger partial charge on any atom is -0.493 e. The molecular weight excluding hydrogens is 496 g/mol. The van der Waals surface area contributed by atoms with E-state index in [0.717, 1.165) is 42.8 Å². The maximum atomic E-state index is 12.8. The molecule has 2 aromatic carbocycles. The fraction of sp³-hybridized carbons (Fsp3) is 0.367. The number of carboxylic acid groups (broad SMARTS) is 1. The van der Waals surface area contributed by atoms with E-state index >= 15 is 0 Å². The van der Waals surface area contributed by atoms with Crippen molar-refractivity contribution in [1.82, 2.24) is 10.2 Å². The van der Waals surface area contributed by atoms with Gasteiger partial charge in [0.1, 0.15) is 0 Å². The van der Waals surface area contributed by atoms with E-state index in [1.807, 2.05) is 35.4 Å². The maximum absolute atomic E-state index is 12.8. The van der Waals surface area contributed by atoms with Crippen molar-refractivity contribution in [3.8, 4) is 11.5 Å². The average Bonchev–Trinajstić information content (AvgIpc) is 3.40. The Balaban J connectivity index is 1.15. The topological polar surface area (TPSA) is 106 Å². The second-order valence-electron chi connectivity index (χ2n) is 10.2. The molecule has 0 unspecified atom stereocenters. The number of amidine groups is 1. The highest BCUT2D eigenvalue weighted by Crippen LogP contribution is 2.37. The molecule has 1 saturated carbocycles. The predicted octanol–water partition coefficient (Wildman–Crippen LogP) is 4.45. The molecule has 203 valence electrons. The smallest absolute Gasteiger partial charge is 0.303 e. The number of carboxylic acids is 1. The number of fused-ring (bicyclic) bond motifs is 1. The summed E-state index contributed by atoms with van der Waals surface area (Å²) in [4.78, 5) is 32.4. The molecule has 1 aliphatic carbocycles. The highest BCUT2D eigenvalue weighted by Gasteiger charge is 2.35. The fourth-order valence-corrected chi connectivity index (χ4v) is 5.47. The molecule has 39 heavy (non-hydrogen) atoms. The fourth-order valence-electron chi connectivity index (χ4n) is 5.47. The summed E-state index contributed by atoms with van der Waals surface area (Å²) in [5.74, 6) is 1.84. The zero-order valence-corrected chi connectivity index (χ0v) is 22.3. The average molecular weight is 531 g/mol. The van der Waals surface area contributed by atoms with E-state index in [1.165, 1.54) is 5.56 Å². The number of methoxy groups -OCH3 is 2. The molecule has 2 N–H and O–H groups in total. The number of benzene rings is 2. The molecule has 1 radical (unpaired) electrons. The first kappa shape index (κ1) is 26.5. The largest absolute Gasteiger partial charge is 0.493 e. The Morgan fingerprint density at radius 2 is 1.79 bits per heavy atom. The van der Waals surface area contributed by atoms with Crippen LogP contribution in [0.2, 0.25) is 0 Å². The maximum Gasteiger partial charge on any atom is 0.303 e. The molecule has 5 rings (SSSR count). The number of amides is 1. The Bertz CT molecular complexity index is 1310. The van der Waals surface area contributed by atoms with Crippen LogP contribution in [-0.4, -0.2) is 43.7 Å². The van der Waals surface area contributed by atoms with Gasteiger partial charge < -0.3 is 19.9 Å². The van der Waals surface area contributed by atoms with Crippen LogP contribution in [-0.2, 0) is 16.1 Å². The molecule has 2 aliphatic heterocycles. The Labute approximate surface area is 228 Å². The molecule has 1 amide bonds. The molecule has 0 bridgehead atoms.